The average Bonchev–Trinajstić information content (AvgIpc) is 3.04. The SMILES string of the molecule is CC(C)C(=O)Oc1ccc(CONC(=O)CCC(CC(=O)O)Cc2ccc(C(=O)OCc3ccc(OC(=O)C(C)C)cc3)cc2)cc1. The van der Waals surface area contributed by atoms with E-state index in [1.165, 1.54) is 0 Å². The van der Waals surface area contributed by atoms with Gasteiger partial charge in [-0.3, -0.25) is 24.0 Å². The lowest BCUT2D eigenvalue weighted by molar-refractivity contribution is -0.139. The van der Waals surface area contributed by atoms with E-state index < -0.39 is 11.9 Å². The van der Waals surface area contributed by atoms with Crippen LogP contribution >= 0.6 is 0 Å². The number of hydrogen-bond donors (Lipinski definition) is 2. The van der Waals surface area contributed by atoms with Crippen molar-refractivity contribution in [1.29, 1.82) is 0 Å². The van der Waals surface area contributed by atoms with Crippen molar-refractivity contribution in [2.45, 2.75) is 66.6 Å². The van der Waals surface area contributed by atoms with Crippen LogP contribution in [0.2, 0.25) is 0 Å². The molecule has 0 aliphatic heterocycles. The van der Waals surface area contributed by atoms with Crippen LogP contribution in [0.15, 0.2) is 72.8 Å². The van der Waals surface area contributed by atoms with Gasteiger partial charge >= 0.3 is 23.9 Å². The molecule has 1 atom stereocenters. The third-order valence-corrected chi connectivity index (χ3v) is 6.98. The average molecular weight is 648 g/mol. The van der Waals surface area contributed by atoms with Gasteiger partial charge in [-0.25, -0.2) is 10.3 Å². The van der Waals surface area contributed by atoms with E-state index in [1.54, 1.807) is 100 Å². The molecule has 0 aromatic heterocycles. The lowest BCUT2D eigenvalue weighted by Crippen LogP contribution is -2.24. The van der Waals surface area contributed by atoms with Gasteiger partial charge in [0.2, 0.25) is 5.91 Å². The van der Waals surface area contributed by atoms with Crippen LogP contribution in [0.25, 0.3) is 0 Å². The zero-order valence-corrected chi connectivity index (χ0v) is 27.0. The number of carbonyl (C=O) groups excluding carboxylic acids is 4. The van der Waals surface area contributed by atoms with Crippen LogP contribution in [0, 0.1) is 17.8 Å². The van der Waals surface area contributed by atoms with Gasteiger partial charge in [0.25, 0.3) is 0 Å². The number of hydrogen-bond acceptors (Lipinski definition) is 9. The molecule has 0 aliphatic carbocycles. The maximum atomic E-state index is 12.6. The fourth-order valence-electron chi connectivity index (χ4n) is 4.23. The predicted octanol–water partition coefficient (Wildman–Crippen LogP) is 5.83. The molecule has 3 aromatic carbocycles. The highest BCUT2D eigenvalue weighted by molar-refractivity contribution is 5.89. The Bertz CT molecular complexity index is 1500. The van der Waals surface area contributed by atoms with Gasteiger partial charge < -0.3 is 19.3 Å². The van der Waals surface area contributed by atoms with Crippen molar-refractivity contribution < 1.29 is 48.1 Å². The lowest BCUT2D eigenvalue weighted by Gasteiger charge is -2.15. The third kappa shape index (κ3) is 13.1. The standard InChI is InChI=1S/C36H41NO10/c1-23(2)34(41)46-30-14-7-26(8-15-30)21-44-36(43)29-12-5-25(6-13-29)19-28(20-33(39)40)11-18-32(38)37-45-22-27-9-16-31(17-10-27)47-35(42)24(3)4/h5-10,12-17,23-24,28H,11,18-22H2,1-4H3,(H,37,38)(H,39,40). The molecule has 0 saturated heterocycles. The number of benzene rings is 3. The molecule has 0 aliphatic rings. The number of amides is 1. The summed E-state index contributed by atoms with van der Waals surface area (Å²) in [7, 11) is 0. The number of esters is 3. The van der Waals surface area contributed by atoms with E-state index in [0.29, 0.717) is 29.9 Å². The van der Waals surface area contributed by atoms with E-state index in [1.807, 2.05) is 0 Å². The second kappa shape index (κ2) is 18.2. The number of rotatable bonds is 17. The molecule has 47 heavy (non-hydrogen) atoms. The summed E-state index contributed by atoms with van der Waals surface area (Å²) in [6, 6.07) is 20.1. The maximum Gasteiger partial charge on any atom is 0.338 e. The van der Waals surface area contributed by atoms with Crippen molar-refractivity contribution in [1.82, 2.24) is 5.48 Å². The minimum atomic E-state index is -0.972. The molecule has 0 heterocycles. The summed E-state index contributed by atoms with van der Waals surface area (Å²) < 4.78 is 15.9. The number of carbonyl (C=O) groups is 5. The van der Waals surface area contributed by atoms with Crippen LogP contribution < -0.4 is 15.0 Å². The van der Waals surface area contributed by atoms with E-state index in [9.17, 15) is 29.1 Å². The van der Waals surface area contributed by atoms with Crippen LogP contribution in [0.1, 0.15) is 74.0 Å². The number of carboxylic acid groups (broad SMARTS) is 1. The Labute approximate surface area is 274 Å². The van der Waals surface area contributed by atoms with Gasteiger partial charge in [-0.15, -0.1) is 0 Å². The van der Waals surface area contributed by atoms with Crippen LogP contribution in [0.5, 0.6) is 11.5 Å². The van der Waals surface area contributed by atoms with Crippen molar-refractivity contribution in [2.24, 2.45) is 17.8 Å². The molecule has 250 valence electrons. The highest BCUT2D eigenvalue weighted by Gasteiger charge is 2.17. The quantitative estimate of drug-likeness (QED) is 0.104. The van der Waals surface area contributed by atoms with Crippen LogP contribution in [0.4, 0.5) is 0 Å². The summed E-state index contributed by atoms with van der Waals surface area (Å²) in [4.78, 5) is 65.1. The Morgan fingerprint density at radius 2 is 1.17 bits per heavy atom. The van der Waals surface area contributed by atoms with Gasteiger partial charge in [-0.2, -0.15) is 0 Å². The zero-order valence-electron chi connectivity index (χ0n) is 27.0. The van der Waals surface area contributed by atoms with E-state index in [-0.39, 0.29) is 61.7 Å². The molecule has 0 spiro atoms. The highest BCUT2D eigenvalue weighted by atomic mass is 16.6. The van der Waals surface area contributed by atoms with Crippen molar-refractivity contribution >= 4 is 29.8 Å². The fourth-order valence-corrected chi connectivity index (χ4v) is 4.23. The second-order valence-electron chi connectivity index (χ2n) is 11.7. The first-order valence-corrected chi connectivity index (χ1v) is 15.4. The Morgan fingerprint density at radius 1 is 0.681 bits per heavy atom. The van der Waals surface area contributed by atoms with Crippen molar-refractivity contribution in [3.63, 3.8) is 0 Å². The number of hydroxylamine groups is 1. The molecule has 11 nitrogen and oxygen atoms in total. The maximum absolute atomic E-state index is 12.6. The van der Waals surface area contributed by atoms with Gasteiger partial charge in [-0.05, 0) is 71.8 Å². The van der Waals surface area contributed by atoms with E-state index in [4.69, 9.17) is 19.0 Å². The summed E-state index contributed by atoms with van der Waals surface area (Å²) in [5.41, 5.74) is 5.02. The van der Waals surface area contributed by atoms with Crippen molar-refractivity contribution in [2.75, 3.05) is 0 Å². The molecule has 0 bridgehead atoms. The van der Waals surface area contributed by atoms with Crippen LogP contribution in [0.3, 0.4) is 0 Å². The van der Waals surface area contributed by atoms with Gasteiger partial charge in [0.15, 0.2) is 0 Å². The van der Waals surface area contributed by atoms with Crippen molar-refractivity contribution in [3.8, 4) is 11.5 Å². The van der Waals surface area contributed by atoms with Gasteiger partial charge in [0.1, 0.15) is 18.1 Å². The predicted molar refractivity (Wildman–Crippen MR) is 171 cm³/mol. The molecule has 1 unspecified atom stereocenters. The lowest BCUT2D eigenvalue weighted by atomic mass is 9.91. The molecule has 0 saturated carbocycles. The first kappa shape index (κ1) is 36.4. The first-order valence-electron chi connectivity index (χ1n) is 15.4. The van der Waals surface area contributed by atoms with E-state index in [2.05, 4.69) is 5.48 Å². The van der Waals surface area contributed by atoms with E-state index in [0.717, 1.165) is 16.7 Å². The van der Waals surface area contributed by atoms with Gasteiger partial charge in [0, 0.05) is 12.8 Å². The topological polar surface area (TPSA) is 155 Å². The Morgan fingerprint density at radius 3 is 1.66 bits per heavy atom. The molecule has 1 amide bonds. The zero-order chi connectivity index (χ0) is 34.3. The molecule has 0 fully saturated rings. The molecule has 11 heteroatoms. The highest BCUT2D eigenvalue weighted by Crippen LogP contribution is 2.20. The van der Waals surface area contributed by atoms with Crippen LogP contribution in [-0.4, -0.2) is 34.9 Å². The summed E-state index contributed by atoms with van der Waals surface area (Å²) in [5.74, 6) is -2.51. The minimum Gasteiger partial charge on any atom is -0.481 e. The first-order chi connectivity index (χ1) is 22.4. The summed E-state index contributed by atoms with van der Waals surface area (Å²) in [5, 5.41) is 9.40. The van der Waals surface area contributed by atoms with Crippen LogP contribution in [-0.2, 0) is 48.4 Å². The fraction of sp³-hybridized carbons (Fsp3) is 0.361. The molecular weight excluding hydrogens is 606 g/mol. The van der Waals surface area contributed by atoms with Crippen molar-refractivity contribution in [3.05, 3.63) is 95.1 Å². The van der Waals surface area contributed by atoms with E-state index >= 15 is 0 Å². The normalized spacial score (nSPS) is 11.5. The van der Waals surface area contributed by atoms with Gasteiger partial charge in [0.05, 0.1) is 24.0 Å². The molecular formula is C36H41NO10. The monoisotopic (exact) mass is 647 g/mol. The molecule has 2 N–H and O–H groups in total. The molecule has 3 rings (SSSR count). The molecule has 3 aromatic rings. The summed E-state index contributed by atoms with van der Waals surface area (Å²) in [6.45, 7) is 7.12. The largest absolute Gasteiger partial charge is 0.481 e. The number of carboxylic acids is 1. The van der Waals surface area contributed by atoms with Gasteiger partial charge in [-0.1, -0.05) is 64.1 Å². The smallest absolute Gasteiger partial charge is 0.338 e. The Hall–Kier alpha value is -5.03. The second-order valence-corrected chi connectivity index (χ2v) is 11.7. The number of aliphatic carboxylic acids is 1. The Balaban J connectivity index is 1.42. The number of nitrogens with one attached hydrogen (secondary N) is 1. The minimum absolute atomic E-state index is 0.0350. The third-order valence-electron chi connectivity index (χ3n) is 6.98. The summed E-state index contributed by atoms with van der Waals surface area (Å²) >= 11 is 0. The number of ether oxygens (including phenoxy) is 3. The molecule has 0 radical (unpaired) electrons. The summed E-state index contributed by atoms with van der Waals surface area (Å²) in [6.07, 6.45) is 0.655. The Kier molecular flexibility index (Phi) is 14.1.